The molecule has 1 unspecified atom stereocenters. The van der Waals surface area contributed by atoms with Crippen molar-refractivity contribution in [3.63, 3.8) is 0 Å². The van der Waals surface area contributed by atoms with Gasteiger partial charge in [-0.1, -0.05) is 6.42 Å². The fourth-order valence-corrected chi connectivity index (χ4v) is 3.70. The fourth-order valence-electron chi connectivity index (χ4n) is 1.83. The second-order valence-electron chi connectivity index (χ2n) is 3.75. The molecule has 3 N–H and O–H groups in total. The largest absolute Gasteiger partial charge is 0.368 e. The fraction of sp³-hybridized carbons (Fsp3) is 0.625. The molecule has 1 aliphatic heterocycles. The zero-order valence-electron chi connectivity index (χ0n) is 8.51. The van der Waals surface area contributed by atoms with Gasteiger partial charge in [0.1, 0.15) is 11.1 Å². The molecule has 88 valence electrons. The number of nitrogens with two attached hydrogens (primary N) is 1. The molecule has 1 aromatic heterocycles. The van der Waals surface area contributed by atoms with Gasteiger partial charge >= 0.3 is 5.69 Å². The van der Waals surface area contributed by atoms with Crippen LogP contribution in [0.5, 0.6) is 0 Å². The van der Waals surface area contributed by atoms with Gasteiger partial charge in [-0.15, -0.1) is 0 Å². The van der Waals surface area contributed by atoms with E-state index in [9.17, 15) is 13.2 Å². The van der Waals surface area contributed by atoms with Gasteiger partial charge in [0.15, 0.2) is 9.84 Å². The molecule has 2 heterocycles. The van der Waals surface area contributed by atoms with E-state index < -0.39 is 20.8 Å². The summed E-state index contributed by atoms with van der Waals surface area (Å²) in [6, 6.07) is 0. The van der Waals surface area contributed by atoms with E-state index >= 15 is 0 Å². The van der Waals surface area contributed by atoms with Crippen LogP contribution in [0.15, 0.2) is 4.79 Å². The number of nitrogens with zero attached hydrogens (tertiary/aromatic N) is 2. The topological polar surface area (TPSA) is 119 Å². The number of hydrogen-bond acceptors (Lipinski definition) is 6. The molecule has 16 heavy (non-hydrogen) atoms. The third-order valence-corrected chi connectivity index (χ3v) is 4.75. The van der Waals surface area contributed by atoms with Crippen molar-refractivity contribution in [3.05, 3.63) is 16.3 Å². The summed E-state index contributed by atoms with van der Waals surface area (Å²) in [6.07, 6.45) is 1.92. The van der Waals surface area contributed by atoms with Crippen molar-refractivity contribution in [2.24, 2.45) is 0 Å². The van der Waals surface area contributed by atoms with Crippen molar-refractivity contribution in [2.75, 3.05) is 11.5 Å². The number of hydrogen-bond donors (Lipinski definition) is 2. The van der Waals surface area contributed by atoms with Gasteiger partial charge in [-0.25, -0.2) is 13.2 Å². The van der Waals surface area contributed by atoms with Gasteiger partial charge in [0.2, 0.25) is 5.95 Å². The van der Waals surface area contributed by atoms with E-state index in [4.69, 9.17) is 5.73 Å². The van der Waals surface area contributed by atoms with E-state index in [1.165, 1.54) is 0 Å². The predicted octanol–water partition coefficient (Wildman–Crippen LogP) is -0.613. The first kappa shape index (κ1) is 11.1. The molecule has 1 saturated heterocycles. The smallest absolute Gasteiger partial charge is 0.349 e. The zero-order valence-corrected chi connectivity index (χ0v) is 9.33. The van der Waals surface area contributed by atoms with Crippen molar-refractivity contribution in [3.8, 4) is 0 Å². The van der Waals surface area contributed by atoms with E-state index in [1.54, 1.807) is 0 Å². The number of anilines is 1. The molecular weight excluding hydrogens is 232 g/mol. The molecule has 0 spiro atoms. The third kappa shape index (κ3) is 2.06. The highest BCUT2D eigenvalue weighted by molar-refractivity contribution is 7.91. The van der Waals surface area contributed by atoms with Gasteiger partial charge in [0.25, 0.3) is 0 Å². The second-order valence-corrected chi connectivity index (χ2v) is 6.05. The first-order valence-corrected chi connectivity index (χ1v) is 6.66. The van der Waals surface area contributed by atoms with Crippen LogP contribution in [0.1, 0.15) is 30.3 Å². The highest BCUT2D eigenvalue weighted by Gasteiger charge is 2.32. The second kappa shape index (κ2) is 3.85. The number of aromatic nitrogens is 3. The van der Waals surface area contributed by atoms with Crippen molar-refractivity contribution in [2.45, 2.75) is 24.5 Å². The number of H-pyrrole nitrogens is 1. The summed E-state index contributed by atoms with van der Waals surface area (Å²) in [5.74, 6) is 0.0422. The molecule has 8 heteroatoms. The van der Waals surface area contributed by atoms with Crippen LogP contribution < -0.4 is 11.4 Å². The molecule has 1 aromatic rings. The molecule has 0 aromatic carbocycles. The maximum Gasteiger partial charge on any atom is 0.349 e. The molecule has 1 atom stereocenters. The molecular formula is C8H12N4O3S. The van der Waals surface area contributed by atoms with E-state index in [0.29, 0.717) is 12.8 Å². The van der Waals surface area contributed by atoms with Gasteiger partial charge in [0, 0.05) is 0 Å². The monoisotopic (exact) mass is 244 g/mol. The van der Waals surface area contributed by atoms with Crippen LogP contribution in [0.2, 0.25) is 0 Å². The van der Waals surface area contributed by atoms with Gasteiger partial charge in [0.05, 0.1) is 5.75 Å². The summed E-state index contributed by atoms with van der Waals surface area (Å²) in [5, 5.41) is -0.751. The lowest BCUT2D eigenvalue weighted by Crippen LogP contribution is -2.27. The minimum absolute atomic E-state index is 0.109. The van der Waals surface area contributed by atoms with Crippen LogP contribution in [0.25, 0.3) is 0 Å². The summed E-state index contributed by atoms with van der Waals surface area (Å²) >= 11 is 0. The standard InChI is InChI=1S/C8H12N4O3S/c9-7-10-6(11-8(13)12-7)5-3-1-2-4-16(5,14)15/h5H,1-4H2,(H3,9,10,11,12,13). The summed E-state index contributed by atoms with van der Waals surface area (Å²) in [6.45, 7) is 0. The molecule has 2 rings (SSSR count). The number of rotatable bonds is 1. The quantitative estimate of drug-likeness (QED) is 0.680. The Kier molecular flexibility index (Phi) is 2.66. The van der Waals surface area contributed by atoms with Crippen molar-refractivity contribution < 1.29 is 8.42 Å². The number of nitrogens with one attached hydrogen (secondary N) is 1. The summed E-state index contributed by atoms with van der Waals surface area (Å²) in [4.78, 5) is 20.5. The first-order valence-electron chi connectivity index (χ1n) is 4.94. The Morgan fingerprint density at radius 2 is 2.06 bits per heavy atom. The lowest BCUT2D eigenvalue weighted by molar-refractivity contribution is 0.537. The Balaban J connectivity index is 2.47. The normalized spacial score (nSPS) is 24.1. The molecule has 0 amide bonds. The summed E-state index contributed by atoms with van der Waals surface area (Å²) in [5.41, 5.74) is 4.65. The predicted molar refractivity (Wildman–Crippen MR) is 57.4 cm³/mol. The van der Waals surface area contributed by atoms with Gasteiger partial charge in [-0.05, 0) is 12.8 Å². The molecule has 1 fully saturated rings. The average Bonchev–Trinajstić information content (AvgIpc) is 2.15. The van der Waals surface area contributed by atoms with Crippen molar-refractivity contribution in [1.82, 2.24) is 15.0 Å². The minimum Gasteiger partial charge on any atom is -0.368 e. The maximum atomic E-state index is 11.8. The zero-order chi connectivity index (χ0) is 11.8. The van der Waals surface area contributed by atoms with Crippen LogP contribution in [0.4, 0.5) is 5.95 Å². The maximum absolute atomic E-state index is 11.8. The van der Waals surface area contributed by atoms with Crippen LogP contribution in [0.3, 0.4) is 0 Å². The lowest BCUT2D eigenvalue weighted by Gasteiger charge is -2.20. The Bertz CT molecular complexity index is 551. The average molecular weight is 244 g/mol. The Labute approximate surface area is 92.0 Å². The molecule has 7 nitrogen and oxygen atoms in total. The highest BCUT2D eigenvalue weighted by atomic mass is 32.2. The molecule has 0 saturated carbocycles. The molecule has 0 radical (unpaired) electrons. The van der Waals surface area contributed by atoms with E-state index in [2.05, 4.69) is 15.0 Å². The Morgan fingerprint density at radius 3 is 2.69 bits per heavy atom. The number of nitrogen functional groups attached to an aromatic ring is 1. The van der Waals surface area contributed by atoms with E-state index in [-0.39, 0.29) is 17.5 Å². The highest BCUT2D eigenvalue weighted by Crippen LogP contribution is 2.30. The van der Waals surface area contributed by atoms with Crippen molar-refractivity contribution >= 4 is 15.8 Å². The summed E-state index contributed by atoms with van der Waals surface area (Å²) in [7, 11) is -3.23. The van der Waals surface area contributed by atoms with Crippen molar-refractivity contribution in [1.29, 1.82) is 0 Å². The Morgan fingerprint density at radius 1 is 1.31 bits per heavy atom. The molecule has 1 aliphatic rings. The molecule has 0 aliphatic carbocycles. The first-order chi connectivity index (χ1) is 7.49. The number of aromatic amines is 1. The van der Waals surface area contributed by atoms with E-state index in [0.717, 1.165) is 6.42 Å². The summed E-state index contributed by atoms with van der Waals surface area (Å²) < 4.78 is 23.6. The van der Waals surface area contributed by atoms with E-state index in [1.807, 2.05) is 0 Å². The van der Waals surface area contributed by atoms with Gasteiger partial charge < -0.3 is 5.73 Å². The molecule has 0 bridgehead atoms. The van der Waals surface area contributed by atoms with Crippen LogP contribution in [-0.4, -0.2) is 29.1 Å². The van der Waals surface area contributed by atoms with Crippen LogP contribution in [-0.2, 0) is 9.84 Å². The minimum atomic E-state index is -3.23. The lowest BCUT2D eigenvalue weighted by atomic mass is 10.2. The van der Waals surface area contributed by atoms with Crippen LogP contribution >= 0.6 is 0 Å². The third-order valence-electron chi connectivity index (χ3n) is 2.57. The van der Waals surface area contributed by atoms with Gasteiger partial charge in [-0.2, -0.15) is 9.97 Å². The Hall–Kier alpha value is -1.44. The number of sulfone groups is 1. The SMILES string of the molecule is Nc1nc(C2CCCCS2(=O)=O)[nH]c(=O)n1. The van der Waals surface area contributed by atoms with Crippen LogP contribution in [0, 0.1) is 0 Å². The van der Waals surface area contributed by atoms with Gasteiger partial charge in [-0.3, -0.25) is 4.98 Å².